The van der Waals surface area contributed by atoms with Crippen molar-refractivity contribution in [1.29, 1.82) is 0 Å². The van der Waals surface area contributed by atoms with Crippen LogP contribution in [-0.2, 0) is 11.3 Å². The molecule has 0 aliphatic heterocycles. The maximum atomic E-state index is 13.6. The molecule has 0 unspecified atom stereocenters. The van der Waals surface area contributed by atoms with E-state index >= 15 is 0 Å². The number of hydrogen-bond donors (Lipinski definition) is 1. The van der Waals surface area contributed by atoms with Crippen molar-refractivity contribution in [3.8, 4) is 0 Å². The number of carboxylic acids is 1. The third-order valence-corrected chi connectivity index (χ3v) is 3.07. The van der Waals surface area contributed by atoms with Gasteiger partial charge in [-0.05, 0) is 39.7 Å². The largest absolute Gasteiger partial charge is 0.481 e. The van der Waals surface area contributed by atoms with E-state index in [4.69, 9.17) is 5.11 Å². The summed E-state index contributed by atoms with van der Waals surface area (Å²) in [5.74, 6) is -1.06. The van der Waals surface area contributed by atoms with E-state index in [2.05, 4.69) is 4.90 Å². The molecule has 112 valence electrons. The van der Waals surface area contributed by atoms with Gasteiger partial charge in [0.2, 0.25) is 0 Å². The monoisotopic (exact) mass is 282 g/mol. The van der Waals surface area contributed by atoms with Gasteiger partial charge in [-0.3, -0.25) is 9.69 Å². The molecule has 1 N–H and O–H groups in total. The minimum Gasteiger partial charge on any atom is -0.481 e. The molecule has 0 atom stereocenters. The number of hydrogen-bond acceptors (Lipinski definition) is 3. The van der Waals surface area contributed by atoms with Crippen LogP contribution in [0.5, 0.6) is 0 Å². The zero-order valence-electron chi connectivity index (χ0n) is 12.2. The summed E-state index contributed by atoms with van der Waals surface area (Å²) in [5, 5.41) is 8.79. The molecule has 1 aromatic rings. The summed E-state index contributed by atoms with van der Waals surface area (Å²) in [6.07, 6.45) is 1.01. The average molecular weight is 282 g/mol. The highest BCUT2D eigenvalue weighted by atomic mass is 19.1. The molecule has 0 heterocycles. The number of carboxylic acid groups (broad SMARTS) is 1. The van der Waals surface area contributed by atoms with Gasteiger partial charge in [-0.1, -0.05) is 18.2 Å². The molecule has 0 aliphatic rings. The van der Waals surface area contributed by atoms with Crippen molar-refractivity contribution in [2.24, 2.45) is 0 Å². The Morgan fingerprint density at radius 1 is 1.20 bits per heavy atom. The Bertz CT molecular complexity index is 424. The van der Waals surface area contributed by atoms with Crippen LogP contribution in [0.1, 0.15) is 18.4 Å². The van der Waals surface area contributed by atoms with Gasteiger partial charge in [0, 0.05) is 18.7 Å². The summed E-state index contributed by atoms with van der Waals surface area (Å²) in [6, 6.07) is 6.64. The Morgan fingerprint density at radius 2 is 1.90 bits per heavy atom. The van der Waals surface area contributed by atoms with Crippen molar-refractivity contribution in [2.45, 2.75) is 19.4 Å². The number of benzene rings is 1. The topological polar surface area (TPSA) is 43.8 Å². The van der Waals surface area contributed by atoms with Gasteiger partial charge in [-0.2, -0.15) is 0 Å². The van der Waals surface area contributed by atoms with Gasteiger partial charge in [0.25, 0.3) is 0 Å². The molecule has 20 heavy (non-hydrogen) atoms. The summed E-state index contributed by atoms with van der Waals surface area (Å²) in [6.45, 7) is 2.59. The lowest BCUT2D eigenvalue weighted by molar-refractivity contribution is -0.137. The first-order valence-electron chi connectivity index (χ1n) is 6.81. The van der Waals surface area contributed by atoms with E-state index < -0.39 is 5.97 Å². The lowest BCUT2D eigenvalue weighted by atomic mass is 10.2. The summed E-state index contributed by atoms with van der Waals surface area (Å²) in [5.41, 5.74) is 0.614. The molecule has 5 heteroatoms. The fourth-order valence-corrected chi connectivity index (χ4v) is 2.00. The first-order valence-corrected chi connectivity index (χ1v) is 6.81. The predicted octanol–water partition coefficient (Wildman–Crippen LogP) is 2.05. The number of aliphatic carboxylic acids is 1. The first-order chi connectivity index (χ1) is 9.49. The van der Waals surface area contributed by atoms with E-state index in [0.717, 1.165) is 19.5 Å². The van der Waals surface area contributed by atoms with E-state index in [1.165, 1.54) is 6.07 Å². The molecular weight excluding hydrogens is 259 g/mol. The van der Waals surface area contributed by atoms with Crippen molar-refractivity contribution < 1.29 is 14.3 Å². The number of rotatable bonds is 9. The van der Waals surface area contributed by atoms with Crippen LogP contribution >= 0.6 is 0 Å². The predicted molar refractivity (Wildman–Crippen MR) is 77.1 cm³/mol. The van der Waals surface area contributed by atoms with Crippen LogP contribution in [0.15, 0.2) is 24.3 Å². The molecule has 0 bridgehead atoms. The van der Waals surface area contributed by atoms with Crippen LogP contribution in [0.4, 0.5) is 4.39 Å². The summed E-state index contributed by atoms with van der Waals surface area (Å²) in [4.78, 5) is 14.8. The second-order valence-electron chi connectivity index (χ2n) is 5.17. The van der Waals surface area contributed by atoms with Gasteiger partial charge in [0.05, 0.1) is 6.42 Å². The van der Waals surface area contributed by atoms with Crippen LogP contribution in [0.3, 0.4) is 0 Å². The van der Waals surface area contributed by atoms with Crippen LogP contribution in [0, 0.1) is 5.82 Å². The lowest BCUT2D eigenvalue weighted by Crippen LogP contribution is -2.29. The molecular formula is C15H23FN2O2. The molecule has 0 spiro atoms. The maximum absolute atomic E-state index is 13.6. The van der Waals surface area contributed by atoms with Crippen LogP contribution in [-0.4, -0.2) is 54.6 Å². The molecule has 1 aromatic carbocycles. The second kappa shape index (κ2) is 8.66. The minimum atomic E-state index is -0.823. The van der Waals surface area contributed by atoms with Gasteiger partial charge < -0.3 is 10.0 Å². The number of halogens is 1. The van der Waals surface area contributed by atoms with E-state index in [1.807, 2.05) is 19.0 Å². The highest BCUT2D eigenvalue weighted by molar-refractivity contribution is 5.66. The van der Waals surface area contributed by atoms with Crippen molar-refractivity contribution in [1.82, 2.24) is 9.80 Å². The zero-order valence-corrected chi connectivity index (χ0v) is 12.2. The van der Waals surface area contributed by atoms with Gasteiger partial charge in [0.15, 0.2) is 0 Å². The third-order valence-electron chi connectivity index (χ3n) is 3.07. The molecule has 1 rings (SSSR count). The SMILES string of the molecule is CN(C)CCCN(CCC(=O)O)Cc1ccccc1F. The second-order valence-corrected chi connectivity index (χ2v) is 5.17. The fourth-order valence-electron chi connectivity index (χ4n) is 2.00. The molecule has 0 radical (unpaired) electrons. The average Bonchev–Trinajstić information content (AvgIpc) is 2.37. The Labute approximate surface area is 119 Å². The Hall–Kier alpha value is -1.46. The third kappa shape index (κ3) is 6.63. The standard InChI is InChI=1S/C15H23FN2O2/c1-17(2)9-5-10-18(11-8-15(19)20)12-13-6-3-4-7-14(13)16/h3-4,6-7H,5,8-12H2,1-2H3,(H,19,20). The summed E-state index contributed by atoms with van der Waals surface area (Å²) < 4.78 is 13.6. The smallest absolute Gasteiger partial charge is 0.304 e. The van der Waals surface area contributed by atoms with E-state index in [0.29, 0.717) is 18.7 Å². The van der Waals surface area contributed by atoms with Crippen LogP contribution in [0.25, 0.3) is 0 Å². The van der Waals surface area contributed by atoms with Crippen LogP contribution < -0.4 is 0 Å². The highest BCUT2D eigenvalue weighted by Gasteiger charge is 2.11. The zero-order chi connectivity index (χ0) is 15.0. The molecule has 0 saturated heterocycles. The van der Waals surface area contributed by atoms with Crippen molar-refractivity contribution in [3.63, 3.8) is 0 Å². The van der Waals surface area contributed by atoms with Crippen molar-refractivity contribution in [2.75, 3.05) is 33.7 Å². The Balaban J connectivity index is 2.57. The molecule has 0 amide bonds. The van der Waals surface area contributed by atoms with E-state index in [9.17, 15) is 9.18 Å². The summed E-state index contributed by atoms with van der Waals surface area (Å²) >= 11 is 0. The Morgan fingerprint density at radius 3 is 2.50 bits per heavy atom. The van der Waals surface area contributed by atoms with Crippen LogP contribution in [0.2, 0.25) is 0 Å². The van der Waals surface area contributed by atoms with Gasteiger partial charge in [-0.15, -0.1) is 0 Å². The van der Waals surface area contributed by atoms with Crippen molar-refractivity contribution in [3.05, 3.63) is 35.6 Å². The van der Waals surface area contributed by atoms with Gasteiger partial charge >= 0.3 is 5.97 Å². The van der Waals surface area contributed by atoms with Gasteiger partial charge in [-0.25, -0.2) is 4.39 Å². The number of nitrogens with zero attached hydrogens (tertiary/aromatic N) is 2. The van der Waals surface area contributed by atoms with Crippen molar-refractivity contribution >= 4 is 5.97 Å². The molecule has 0 fully saturated rings. The Kier molecular flexibility index (Phi) is 7.18. The quantitative estimate of drug-likeness (QED) is 0.753. The molecule has 0 aliphatic carbocycles. The molecule has 4 nitrogen and oxygen atoms in total. The van der Waals surface area contributed by atoms with E-state index in [1.54, 1.807) is 18.2 Å². The normalized spacial score (nSPS) is 11.2. The lowest BCUT2D eigenvalue weighted by Gasteiger charge is -2.22. The first kappa shape index (κ1) is 16.6. The summed E-state index contributed by atoms with van der Waals surface area (Å²) in [7, 11) is 4.00. The van der Waals surface area contributed by atoms with Gasteiger partial charge in [0.1, 0.15) is 5.82 Å². The maximum Gasteiger partial charge on any atom is 0.304 e. The minimum absolute atomic E-state index is 0.0798. The highest BCUT2D eigenvalue weighted by Crippen LogP contribution is 2.10. The molecule has 0 saturated carbocycles. The van der Waals surface area contributed by atoms with E-state index in [-0.39, 0.29) is 12.2 Å². The molecule has 0 aromatic heterocycles. The number of carbonyl (C=O) groups is 1. The fraction of sp³-hybridized carbons (Fsp3) is 0.533.